The van der Waals surface area contributed by atoms with E-state index < -0.39 is 48.4 Å². The number of benzene rings is 1. The number of carbonyl (C=O) groups is 4. The summed E-state index contributed by atoms with van der Waals surface area (Å²) in [6.07, 6.45) is -0.607. The number of amides is 4. The molecule has 1 unspecified atom stereocenters. The number of methoxy groups -OCH3 is 2. The Hall–Kier alpha value is -3.06. The van der Waals surface area contributed by atoms with E-state index in [4.69, 9.17) is 9.47 Å². The Labute approximate surface area is 300 Å². The minimum atomic E-state index is -0.875. The number of likely N-dealkylation sites (N-methyl/N-ethyl adjacent to an activating group) is 2. The SMILES string of the molecule is CN[C@H](C(=O)N[C@H](C(=O)N(C)[C@@H](C(C)C)[C@@H](CC(=O)N1CCCC1[C@H](OC)[C@@H](C)C(=O)N[C@H](C)[C@@H](O)c1ccccc1)OC)C(C)C)C(C)C. The van der Waals surface area contributed by atoms with Crippen molar-refractivity contribution in [3.63, 3.8) is 0 Å². The highest BCUT2D eigenvalue weighted by Crippen LogP contribution is 2.29. The van der Waals surface area contributed by atoms with Crippen LogP contribution in [0.2, 0.25) is 0 Å². The average Bonchev–Trinajstić information content (AvgIpc) is 3.56. The average molecular weight is 704 g/mol. The molecule has 1 aliphatic rings. The summed E-state index contributed by atoms with van der Waals surface area (Å²) in [7, 11) is 6.53. The minimum absolute atomic E-state index is 0.0265. The van der Waals surface area contributed by atoms with E-state index in [1.807, 2.05) is 71.9 Å². The Bertz CT molecular complexity index is 1230. The summed E-state index contributed by atoms with van der Waals surface area (Å²) in [6, 6.07) is 6.65. The van der Waals surface area contributed by atoms with Crippen LogP contribution in [0.4, 0.5) is 0 Å². The first-order valence-corrected chi connectivity index (χ1v) is 18.1. The third kappa shape index (κ3) is 11.0. The van der Waals surface area contributed by atoms with Crippen molar-refractivity contribution in [1.82, 2.24) is 25.8 Å². The second kappa shape index (κ2) is 20.1. The molecule has 50 heavy (non-hydrogen) atoms. The van der Waals surface area contributed by atoms with Gasteiger partial charge in [-0.3, -0.25) is 19.2 Å². The largest absolute Gasteiger partial charge is 0.386 e. The maximum atomic E-state index is 14.0. The quantitative estimate of drug-likeness (QED) is 0.172. The molecule has 0 spiro atoms. The van der Waals surface area contributed by atoms with E-state index in [0.29, 0.717) is 18.5 Å². The summed E-state index contributed by atoms with van der Waals surface area (Å²) < 4.78 is 11.8. The zero-order chi connectivity index (χ0) is 37.9. The molecule has 2 rings (SSSR count). The van der Waals surface area contributed by atoms with Crippen LogP contribution in [-0.4, -0.2) is 116 Å². The number of aliphatic hydroxyl groups is 1. The zero-order valence-electron chi connectivity index (χ0n) is 32.4. The van der Waals surface area contributed by atoms with Gasteiger partial charge in [-0.2, -0.15) is 0 Å². The molecule has 0 bridgehead atoms. The Balaban J connectivity index is 2.20. The van der Waals surface area contributed by atoms with E-state index in [0.717, 1.165) is 6.42 Å². The summed E-state index contributed by atoms with van der Waals surface area (Å²) >= 11 is 0. The van der Waals surface area contributed by atoms with E-state index in [2.05, 4.69) is 16.0 Å². The first kappa shape index (κ1) is 43.1. The van der Waals surface area contributed by atoms with Crippen LogP contribution in [-0.2, 0) is 28.7 Å². The molecule has 12 heteroatoms. The fourth-order valence-electron chi connectivity index (χ4n) is 7.31. The van der Waals surface area contributed by atoms with E-state index >= 15 is 0 Å². The topological polar surface area (TPSA) is 150 Å². The summed E-state index contributed by atoms with van der Waals surface area (Å²) in [5.74, 6) is -1.70. The molecule has 1 aromatic rings. The first-order valence-electron chi connectivity index (χ1n) is 18.1. The molecule has 0 aliphatic carbocycles. The van der Waals surface area contributed by atoms with Gasteiger partial charge >= 0.3 is 0 Å². The standard InChI is InChI=1S/C38H65N5O7/c1-22(2)31(39-9)37(47)41-32(23(3)4)38(48)42(10)33(24(5)6)29(49-11)21-30(44)43-20-16-19-28(43)35(50-12)25(7)36(46)40-26(8)34(45)27-17-14-13-15-18-27/h13-15,17-18,22-26,28-29,31-35,39,45H,16,19-21H2,1-12H3,(H,40,46)(H,41,47)/t25-,26-,28?,29-,31+,32+,33+,34-,35-/m1/s1. The summed E-state index contributed by atoms with van der Waals surface area (Å²) in [5.41, 5.74) is 0.710. The number of rotatable bonds is 19. The van der Waals surface area contributed by atoms with Crippen LogP contribution in [0.25, 0.3) is 0 Å². The molecule has 1 saturated heterocycles. The van der Waals surface area contributed by atoms with Crippen LogP contribution in [0, 0.1) is 23.7 Å². The highest BCUT2D eigenvalue weighted by molar-refractivity contribution is 5.90. The van der Waals surface area contributed by atoms with Gasteiger partial charge in [-0.15, -0.1) is 0 Å². The molecule has 0 saturated carbocycles. The van der Waals surface area contributed by atoms with Crippen LogP contribution >= 0.6 is 0 Å². The lowest BCUT2D eigenvalue weighted by atomic mass is 9.91. The molecule has 1 aromatic carbocycles. The highest BCUT2D eigenvalue weighted by Gasteiger charge is 2.43. The van der Waals surface area contributed by atoms with Crippen molar-refractivity contribution < 1.29 is 33.8 Å². The van der Waals surface area contributed by atoms with Gasteiger partial charge in [0.05, 0.1) is 54.8 Å². The van der Waals surface area contributed by atoms with Gasteiger partial charge in [0.15, 0.2) is 0 Å². The maximum Gasteiger partial charge on any atom is 0.245 e. The van der Waals surface area contributed by atoms with Gasteiger partial charge < -0.3 is 40.3 Å². The molecule has 0 aromatic heterocycles. The molecule has 284 valence electrons. The molecule has 4 N–H and O–H groups in total. The van der Waals surface area contributed by atoms with Crippen LogP contribution in [0.1, 0.15) is 86.3 Å². The van der Waals surface area contributed by atoms with Crippen molar-refractivity contribution in [2.24, 2.45) is 23.7 Å². The van der Waals surface area contributed by atoms with Gasteiger partial charge in [-0.25, -0.2) is 0 Å². The Morgan fingerprint density at radius 2 is 1.48 bits per heavy atom. The van der Waals surface area contributed by atoms with Gasteiger partial charge in [0, 0.05) is 27.8 Å². The minimum Gasteiger partial charge on any atom is -0.386 e. The molecule has 1 aliphatic heterocycles. The van der Waals surface area contributed by atoms with Crippen molar-refractivity contribution in [2.45, 2.75) is 123 Å². The second-order valence-corrected chi connectivity index (χ2v) is 14.8. The number of hydrogen-bond acceptors (Lipinski definition) is 8. The second-order valence-electron chi connectivity index (χ2n) is 14.8. The lowest BCUT2D eigenvalue weighted by molar-refractivity contribution is -0.147. The Morgan fingerprint density at radius 3 is 1.98 bits per heavy atom. The summed E-state index contributed by atoms with van der Waals surface area (Å²) in [5, 5.41) is 19.7. The van der Waals surface area contributed by atoms with E-state index in [1.165, 1.54) is 0 Å². The number of aliphatic hydroxyl groups excluding tert-OH is 1. The van der Waals surface area contributed by atoms with Crippen molar-refractivity contribution in [2.75, 3.05) is 34.9 Å². The summed E-state index contributed by atoms with van der Waals surface area (Å²) in [6.45, 7) is 15.7. The molecule has 9 atom stereocenters. The number of likely N-dealkylation sites (tertiary alicyclic amines) is 1. The van der Waals surface area contributed by atoms with E-state index in [-0.39, 0.29) is 53.8 Å². The van der Waals surface area contributed by atoms with Gasteiger partial charge in [0.25, 0.3) is 0 Å². The van der Waals surface area contributed by atoms with Crippen LogP contribution in [0.5, 0.6) is 0 Å². The monoisotopic (exact) mass is 703 g/mol. The molecule has 1 heterocycles. The number of carbonyl (C=O) groups excluding carboxylic acids is 4. The summed E-state index contributed by atoms with van der Waals surface area (Å²) in [4.78, 5) is 58.0. The van der Waals surface area contributed by atoms with Crippen molar-refractivity contribution in [1.29, 1.82) is 0 Å². The molecular weight excluding hydrogens is 638 g/mol. The third-order valence-corrected chi connectivity index (χ3v) is 10.2. The van der Waals surface area contributed by atoms with E-state index in [9.17, 15) is 24.3 Å². The Morgan fingerprint density at radius 1 is 0.880 bits per heavy atom. The van der Waals surface area contributed by atoms with Gasteiger partial charge in [0.1, 0.15) is 6.04 Å². The van der Waals surface area contributed by atoms with Crippen molar-refractivity contribution in [3.8, 4) is 0 Å². The Kier molecular flexibility index (Phi) is 17.3. The number of ether oxygens (including phenoxy) is 2. The fourth-order valence-corrected chi connectivity index (χ4v) is 7.31. The zero-order valence-corrected chi connectivity index (χ0v) is 32.4. The smallest absolute Gasteiger partial charge is 0.245 e. The van der Waals surface area contributed by atoms with Crippen molar-refractivity contribution >= 4 is 23.6 Å². The number of nitrogens with zero attached hydrogens (tertiary/aromatic N) is 2. The lowest BCUT2D eigenvalue weighted by Gasteiger charge is -2.40. The highest BCUT2D eigenvalue weighted by atomic mass is 16.5. The predicted molar refractivity (Wildman–Crippen MR) is 195 cm³/mol. The van der Waals surface area contributed by atoms with Crippen LogP contribution in [0.15, 0.2) is 30.3 Å². The molecule has 12 nitrogen and oxygen atoms in total. The maximum absolute atomic E-state index is 14.0. The van der Waals surface area contributed by atoms with Gasteiger partial charge in [-0.05, 0) is 50.1 Å². The van der Waals surface area contributed by atoms with Crippen LogP contribution in [0.3, 0.4) is 0 Å². The van der Waals surface area contributed by atoms with Crippen molar-refractivity contribution in [3.05, 3.63) is 35.9 Å². The first-order chi connectivity index (χ1) is 23.5. The third-order valence-electron chi connectivity index (χ3n) is 10.2. The molecule has 4 amide bonds. The van der Waals surface area contributed by atoms with Gasteiger partial charge in [-0.1, -0.05) is 78.8 Å². The van der Waals surface area contributed by atoms with Gasteiger partial charge in [0.2, 0.25) is 23.6 Å². The molecule has 0 radical (unpaired) electrons. The normalized spacial score (nSPS) is 19.8. The molecule has 1 fully saturated rings. The molecular formula is C38H65N5O7. The predicted octanol–water partition coefficient (Wildman–Crippen LogP) is 3.14. The lowest BCUT2D eigenvalue weighted by Crippen LogP contribution is -2.59. The number of nitrogens with one attached hydrogen (secondary N) is 3. The van der Waals surface area contributed by atoms with E-state index in [1.54, 1.807) is 52.0 Å². The van der Waals surface area contributed by atoms with Crippen LogP contribution < -0.4 is 16.0 Å². The fraction of sp³-hybridized carbons (Fsp3) is 0.737. The number of hydrogen-bond donors (Lipinski definition) is 4.